The molecule has 0 amide bonds. The molecule has 5 N–H and O–H groups in total. The number of hydrogen-bond donors (Lipinski definition) is 3. The van der Waals surface area contributed by atoms with E-state index in [1.807, 2.05) is 12.1 Å². The summed E-state index contributed by atoms with van der Waals surface area (Å²) in [5.41, 5.74) is 14.0. The van der Waals surface area contributed by atoms with Crippen LogP contribution in [0.5, 0.6) is 0 Å². The molecule has 0 heterocycles. The van der Waals surface area contributed by atoms with E-state index in [4.69, 9.17) is 11.5 Å². The Bertz CT molecular complexity index is 515. The fourth-order valence-electron chi connectivity index (χ4n) is 2.35. The van der Waals surface area contributed by atoms with E-state index in [2.05, 4.69) is 41.3 Å². The van der Waals surface area contributed by atoms with Gasteiger partial charge in [-0.25, -0.2) is 4.99 Å². The van der Waals surface area contributed by atoms with Crippen LogP contribution in [0, 0.1) is 6.92 Å². The van der Waals surface area contributed by atoms with Crippen molar-refractivity contribution in [3.63, 3.8) is 0 Å². The van der Waals surface area contributed by atoms with Crippen LogP contribution in [-0.4, -0.2) is 18.5 Å². The molecule has 0 aromatic heterocycles. The van der Waals surface area contributed by atoms with Gasteiger partial charge in [-0.1, -0.05) is 75.3 Å². The van der Waals surface area contributed by atoms with E-state index in [1.54, 1.807) is 0 Å². The van der Waals surface area contributed by atoms with Gasteiger partial charge >= 0.3 is 0 Å². The number of nitrogens with one attached hydrogen (secondary N) is 1. The molecular formula is C19H35Cl2N5. The van der Waals surface area contributed by atoms with E-state index in [-0.39, 0.29) is 24.8 Å². The van der Waals surface area contributed by atoms with Crippen molar-refractivity contribution in [1.29, 1.82) is 0 Å². The minimum Gasteiger partial charge on any atom is -0.370 e. The highest BCUT2D eigenvalue weighted by Gasteiger charge is 1.97. The molecule has 5 nitrogen and oxygen atoms in total. The molecule has 1 rings (SSSR count). The lowest BCUT2D eigenvalue weighted by atomic mass is 10.1. The summed E-state index contributed by atoms with van der Waals surface area (Å²) in [4.78, 5) is 8.56. The first-order chi connectivity index (χ1) is 11.6. The van der Waals surface area contributed by atoms with Crippen LogP contribution in [0.15, 0.2) is 34.3 Å². The molecule has 0 unspecified atom stereocenters. The summed E-state index contributed by atoms with van der Waals surface area (Å²) in [5, 5.41) is 2.84. The van der Waals surface area contributed by atoms with Crippen molar-refractivity contribution in [1.82, 2.24) is 5.32 Å². The summed E-state index contributed by atoms with van der Waals surface area (Å²) in [6, 6.07) is 8.22. The monoisotopic (exact) mass is 403 g/mol. The largest absolute Gasteiger partial charge is 0.370 e. The van der Waals surface area contributed by atoms with E-state index in [1.165, 1.54) is 44.1 Å². The van der Waals surface area contributed by atoms with Crippen LogP contribution in [0.4, 0.5) is 0 Å². The summed E-state index contributed by atoms with van der Waals surface area (Å²) in [7, 11) is 0. The molecule has 0 bridgehead atoms. The Morgan fingerprint density at radius 2 is 1.38 bits per heavy atom. The predicted octanol–water partition coefficient (Wildman–Crippen LogP) is 4.31. The van der Waals surface area contributed by atoms with Crippen molar-refractivity contribution in [3.05, 3.63) is 35.4 Å². The molecular weight excluding hydrogens is 369 g/mol. The minimum atomic E-state index is 0. The third-order valence-corrected chi connectivity index (χ3v) is 3.85. The number of halogens is 2. The molecule has 150 valence electrons. The lowest BCUT2D eigenvalue weighted by molar-refractivity contribution is 0.593. The fraction of sp³-hybridized carbons (Fsp3) is 0.579. The van der Waals surface area contributed by atoms with E-state index in [0.717, 1.165) is 18.5 Å². The number of unbranched alkanes of at least 4 members (excludes halogenated alkanes) is 6. The first kappa shape index (κ1) is 26.8. The number of hydrogen-bond acceptors (Lipinski definition) is 2. The van der Waals surface area contributed by atoms with Crippen molar-refractivity contribution in [2.45, 2.75) is 65.3 Å². The number of nitrogens with two attached hydrogens (primary N) is 2. The van der Waals surface area contributed by atoms with Crippen LogP contribution in [0.1, 0.15) is 63.0 Å². The van der Waals surface area contributed by atoms with Gasteiger partial charge in [-0.15, -0.1) is 24.8 Å². The summed E-state index contributed by atoms with van der Waals surface area (Å²) >= 11 is 0. The molecule has 1 aromatic carbocycles. The van der Waals surface area contributed by atoms with Gasteiger partial charge in [0, 0.05) is 6.54 Å². The molecule has 26 heavy (non-hydrogen) atoms. The Hall–Kier alpha value is -1.46. The quantitative estimate of drug-likeness (QED) is 0.308. The van der Waals surface area contributed by atoms with Gasteiger partial charge < -0.3 is 11.5 Å². The van der Waals surface area contributed by atoms with E-state index < -0.39 is 0 Å². The van der Waals surface area contributed by atoms with Gasteiger partial charge in [0.05, 0.1) is 6.54 Å². The lowest BCUT2D eigenvalue weighted by Crippen LogP contribution is -2.41. The molecule has 0 radical (unpaired) electrons. The third-order valence-electron chi connectivity index (χ3n) is 3.85. The number of aliphatic imine (C=N–C) groups is 2. The fourth-order valence-corrected chi connectivity index (χ4v) is 2.35. The van der Waals surface area contributed by atoms with Crippen molar-refractivity contribution in [2.24, 2.45) is 21.5 Å². The average molecular weight is 404 g/mol. The van der Waals surface area contributed by atoms with Gasteiger partial charge in [0.1, 0.15) is 0 Å². The van der Waals surface area contributed by atoms with E-state index >= 15 is 0 Å². The average Bonchev–Trinajstić information content (AvgIpc) is 2.57. The second kappa shape index (κ2) is 17.0. The highest BCUT2D eigenvalue weighted by atomic mass is 35.5. The molecule has 7 heteroatoms. The Morgan fingerprint density at radius 1 is 0.846 bits per heavy atom. The van der Waals surface area contributed by atoms with Crippen molar-refractivity contribution >= 4 is 36.7 Å². The molecule has 0 fully saturated rings. The molecule has 0 aliphatic carbocycles. The standard InChI is InChI=1S/C19H33N5.2ClH/c1-3-4-5-6-7-8-9-14-22-18(20)24-19(21)23-15-17-12-10-16(2)11-13-17;;/h10-13H,3-9,14-15H2,1-2H3,(H5,20,21,22,23,24);2*1H. The second-order valence-corrected chi connectivity index (χ2v) is 6.20. The zero-order chi connectivity index (χ0) is 17.6. The highest BCUT2D eigenvalue weighted by molar-refractivity contribution is 5.97. The Kier molecular flexibility index (Phi) is 17.5. The van der Waals surface area contributed by atoms with Crippen LogP contribution in [0.3, 0.4) is 0 Å². The van der Waals surface area contributed by atoms with Crippen molar-refractivity contribution < 1.29 is 0 Å². The molecule has 0 atom stereocenters. The molecule has 0 aliphatic heterocycles. The molecule has 0 spiro atoms. The second-order valence-electron chi connectivity index (χ2n) is 6.20. The maximum absolute atomic E-state index is 5.83. The zero-order valence-corrected chi connectivity index (χ0v) is 17.7. The third kappa shape index (κ3) is 13.8. The number of guanidine groups is 2. The smallest absolute Gasteiger partial charge is 0.195 e. The number of nitrogens with zero attached hydrogens (tertiary/aromatic N) is 2. The van der Waals surface area contributed by atoms with Crippen LogP contribution in [0.2, 0.25) is 0 Å². The van der Waals surface area contributed by atoms with Gasteiger partial charge in [0.15, 0.2) is 11.9 Å². The maximum atomic E-state index is 5.83. The molecule has 0 aliphatic rings. The van der Waals surface area contributed by atoms with Crippen LogP contribution in [0.25, 0.3) is 0 Å². The first-order valence-corrected chi connectivity index (χ1v) is 9.04. The topological polar surface area (TPSA) is 88.8 Å². The van der Waals surface area contributed by atoms with Gasteiger partial charge in [0.2, 0.25) is 0 Å². The SMILES string of the molecule is CCCCCCCCCN=C(N)NC(N)=NCc1ccc(C)cc1.Cl.Cl. The Labute approximate surface area is 171 Å². The minimum absolute atomic E-state index is 0. The van der Waals surface area contributed by atoms with E-state index in [9.17, 15) is 0 Å². The summed E-state index contributed by atoms with van der Waals surface area (Å²) in [6.07, 6.45) is 8.85. The van der Waals surface area contributed by atoms with Gasteiger partial charge in [-0.3, -0.25) is 10.3 Å². The normalized spacial score (nSPS) is 11.5. The van der Waals surface area contributed by atoms with Crippen molar-refractivity contribution in [3.8, 4) is 0 Å². The van der Waals surface area contributed by atoms with Gasteiger partial charge in [-0.2, -0.15) is 0 Å². The van der Waals surface area contributed by atoms with Crippen LogP contribution in [-0.2, 0) is 6.54 Å². The molecule has 0 saturated carbocycles. The van der Waals surface area contributed by atoms with E-state index in [0.29, 0.717) is 18.5 Å². The zero-order valence-electron chi connectivity index (χ0n) is 16.0. The summed E-state index contributed by atoms with van der Waals surface area (Å²) in [6.45, 7) is 5.56. The number of aryl methyl sites for hydroxylation is 1. The Morgan fingerprint density at radius 3 is 2.00 bits per heavy atom. The predicted molar refractivity (Wildman–Crippen MR) is 119 cm³/mol. The van der Waals surface area contributed by atoms with Gasteiger partial charge in [0.25, 0.3) is 0 Å². The van der Waals surface area contributed by atoms with Crippen LogP contribution < -0.4 is 16.8 Å². The number of rotatable bonds is 10. The summed E-state index contributed by atoms with van der Waals surface area (Å²) < 4.78 is 0. The molecule has 0 saturated heterocycles. The maximum Gasteiger partial charge on any atom is 0.195 e. The van der Waals surface area contributed by atoms with Crippen molar-refractivity contribution in [2.75, 3.05) is 6.54 Å². The first-order valence-electron chi connectivity index (χ1n) is 9.04. The van der Waals surface area contributed by atoms with Gasteiger partial charge in [-0.05, 0) is 18.9 Å². The lowest BCUT2D eigenvalue weighted by Gasteiger charge is -2.05. The number of benzene rings is 1. The highest BCUT2D eigenvalue weighted by Crippen LogP contribution is 2.06. The summed E-state index contributed by atoms with van der Waals surface area (Å²) in [5.74, 6) is 0.641. The Balaban J connectivity index is 0. The molecule has 1 aromatic rings. The van der Waals surface area contributed by atoms with Crippen LogP contribution >= 0.6 is 24.8 Å².